The van der Waals surface area contributed by atoms with Gasteiger partial charge in [-0.05, 0) is 108 Å². The molecule has 0 spiro atoms. The van der Waals surface area contributed by atoms with Gasteiger partial charge in [0.25, 0.3) is 0 Å². The third-order valence-electron chi connectivity index (χ3n) is 9.60. The highest BCUT2D eigenvalue weighted by molar-refractivity contribution is 5.91. The summed E-state index contributed by atoms with van der Waals surface area (Å²) in [6, 6.07) is 32.9. The second-order valence-corrected chi connectivity index (χ2v) is 16.0. The van der Waals surface area contributed by atoms with Crippen LogP contribution in [0, 0.1) is 5.82 Å². The Kier molecular flexibility index (Phi) is 7.87. The van der Waals surface area contributed by atoms with Crippen molar-refractivity contribution >= 4 is 21.5 Å². The summed E-state index contributed by atoms with van der Waals surface area (Å²) in [4.78, 5) is 0. The van der Waals surface area contributed by atoms with Gasteiger partial charge in [0.1, 0.15) is 5.82 Å². The fourth-order valence-corrected chi connectivity index (χ4v) is 6.29. The second-order valence-electron chi connectivity index (χ2n) is 16.0. The smallest absolute Gasteiger partial charge is 0.131 e. The van der Waals surface area contributed by atoms with Gasteiger partial charge in [-0.25, -0.2) is 4.39 Å². The highest BCUT2D eigenvalue weighted by Gasteiger charge is 2.28. The van der Waals surface area contributed by atoms with E-state index in [0.717, 1.165) is 29.2 Å². The van der Waals surface area contributed by atoms with Gasteiger partial charge >= 0.3 is 0 Å². The van der Waals surface area contributed by atoms with Gasteiger partial charge in [0.15, 0.2) is 0 Å². The predicted octanol–water partition coefficient (Wildman–Crippen LogP) is 12.4. The molecule has 0 atom stereocenters. The molecule has 0 amide bonds. The minimum Gasteiger partial charge on any atom is -0.206 e. The van der Waals surface area contributed by atoms with Crippen LogP contribution in [0.15, 0.2) is 91.0 Å². The van der Waals surface area contributed by atoms with E-state index >= 15 is 4.39 Å². The predicted molar refractivity (Wildman–Crippen MR) is 186 cm³/mol. The van der Waals surface area contributed by atoms with E-state index in [2.05, 4.69) is 154 Å². The summed E-state index contributed by atoms with van der Waals surface area (Å²) < 4.78 is 15.3. The van der Waals surface area contributed by atoms with E-state index in [9.17, 15) is 0 Å². The average Bonchev–Trinajstić information content (AvgIpc) is 2.94. The maximum absolute atomic E-state index is 15.3. The van der Waals surface area contributed by atoms with Crippen molar-refractivity contribution in [2.24, 2.45) is 0 Å². The average molecular weight is 573 g/mol. The van der Waals surface area contributed by atoms with Gasteiger partial charge in [-0.15, -0.1) is 0 Å². The number of benzene rings is 5. The van der Waals surface area contributed by atoms with Gasteiger partial charge in [-0.1, -0.05) is 136 Å². The Hall–Kier alpha value is -3.45. The van der Waals surface area contributed by atoms with Gasteiger partial charge in [0, 0.05) is 5.39 Å². The molecule has 5 aromatic carbocycles. The fourth-order valence-electron chi connectivity index (χ4n) is 6.29. The van der Waals surface area contributed by atoms with Crippen molar-refractivity contribution in [2.75, 3.05) is 0 Å². The highest BCUT2D eigenvalue weighted by atomic mass is 19.1. The molecule has 0 radical (unpaired) electrons. The van der Waals surface area contributed by atoms with Crippen LogP contribution in [0.3, 0.4) is 0 Å². The Morgan fingerprint density at radius 3 is 1.67 bits per heavy atom. The summed E-state index contributed by atoms with van der Waals surface area (Å²) >= 11 is 0. The molecular formula is C42H49F. The third kappa shape index (κ3) is 6.42. The lowest BCUT2D eigenvalue weighted by molar-refractivity contribution is 0.375. The van der Waals surface area contributed by atoms with Crippen LogP contribution in [-0.2, 0) is 21.7 Å². The monoisotopic (exact) mass is 572 g/mol. The van der Waals surface area contributed by atoms with E-state index < -0.39 is 0 Å². The zero-order chi connectivity index (χ0) is 31.4. The number of halogens is 1. The summed E-state index contributed by atoms with van der Waals surface area (Å²) in [5.41, 5.74) is 7.41. The van der Waals surface area contributed by atoms with Crippen molar-refractivity contribution in [3.63, 3.8) is 0 Å². The first-order valence-electron chi connectivity index (χ1n) is 15.8. The molecule has 0 aliphatic heterocycles. The second kappa shape index (κ2) is 10.9. The molecule has 1 heteroatoms. The molecule has 0 aliphatic rings. The molecule has 5 rings (SSSR count). The number of hydrogen-bond donors (Lipinski definition) is 0. The maximum Gasteiger partial charge on any atom is 0.131 e. The zero-order valence-corrected chi connectivity index (χ0v) is 28.0. The first kappa shape index (κ1) is 31.0. The summed E-state index contributed by atoms with van der Waals surface area (Å²) in [6.07, 6.45) is 2.04. The summed E-state index contributed by atoms with van der Waals surface area (Å²) in [7, 11) is 0. The lowest BCUT2D eigenvalue weighted by Crippen LogP contribution is -2.24. The maximum atomic E-state index is 15.3. The quantitative estimate of drug-likeness (QED) is 0.190. The van der Waals surface area contributed by atoms with Crippen molar-refractivity contribution in [1.82, 2.24) is 0 Å². The van der Waals surface area contributed by atoms with Gasteiger partial charge in [0.05, 0.1) is 0 Å². The van der Waals surface area contributed by atoms with E-state index in [-0.39, 0.29) is 27.5 Å². The molecule has 0 unspecified atom stereocenters. The molecule has 0 aromatic heterocycles. The summed E-state index contributed by atoms with van der Waals surface area (Å²) in [5.74, 6) is -0.124. The first-order chi connectivity index (χ1) is 20.0. The van der Waals surface area contributed by atoms with Crippen LogP contribution in [0.25, 0.3) is 32.7 Å². The van der Waals surface area contributed by atoms with Gasteiger partial charge < -0.3 is 0 Å². The zero-order valence-electron chi connectivity index (χ0n) is 28.0. The molecule has 0 heterocycles. The largest absolute Gasteiger partial charge is 0.206 e. The van der Waals surface area contributed by atoms with Crippen LogP contribution in [0.2, 0.25) is 0 Å². The lowest BCUT2D eigenvalue weighted by Gasteiger charge is -2.32. The van der Waals surface area contributed by atoms with Crippen LogP contribution in [-0.4, -0.2) is 0 Å². The number of hydrogen-bond acceptors (Lipinski definition) is 0. The minimum absolute atomic E-state index is 0.0134. The molecule has 0 saturated heterocycles. The number of fused-ring (bicyclic) bond motifs is 2. The van der Waals surface area contributed by atoms with Crippen molar-refractivity contribution < 1.29 is 4.39 Å². The Morgan fingerprint density at radius 2 is 1.05 bits per heavy atom. The van der Waals surface area contributed by atoms with Crippen molar-refractivity contribution in [3.8, 4) is 11.1 Å². The van der Waals surface area contributed by atoms with Crippen LogP contribution >= 0.6 is 0 Å². The van der Waals surface area contributed by atoms with Gasteiger partial charge in [0.2, 0.25) is 0 Å². The fraction of sp³-hybridized carbons (Fsp3) is 0.381. The molecule has 0 saturated carbocycles. The van der Waals surface area contributed by atoms with Crippen LogP contribution in [0.1, 0.15) is 104 Å². The Labute approximate surface area is 259 Å². The lowest BCUT2D eigenvalue weighted by atomic mass is 9.72. The van der Waals surface area contributed by atoms with Crippen LogP contribution in [0.5, 0.6) is 0 Å². The molecule has 43 heavy (non-hydrogen) atoms. The van der Waals surface area contributed by atoms with E-state index in [0.29, 0.717) is 0 Å². The molecule has 5 aromatic rings. The van der Waals surface area contributed by atoms with Crippen molar-refractivity contribution in [3.05, 3.63) is 119 Å². The first-order valence-corrected chi connectivity index (χ1v) is 15.8. The normalized spacial score (nSPS) is 13.2. The van der Waals surface area contributed by atoms with E-state index in [1.165, 1.54) is 38.6 Å². The minimum atomic E-state index is -0.124. The molecule has 0 fully saturated rings. The molecule has 0 N–H and O–H groups in total. The molecule has 0 nitrogen and oxygen atoms in total. The summed E-state index contributed by atoms with van der Waals surface area (Å²) in [6.45, 7) is 22.6. The van der Waals surface area contributed by atoms with E-state index in [4.69, 9.17) is 0 Å². The van der Waals surface area contributed by atoms with Gasteiger partial charge in [-0.2, -0.15) is 0 Å². The molecular weight excluding hydrogens is 523 g/mol. The molecule has 0 bridgehead atoms. The summed E-state index contributed by atoms with van der Waals surface area (Å²) in [5, 5.41) is 4.32. The Balaban J connectivity index is 1.36. The van der Waals surface area contributed by atoms with Crippen LogP contribution in [0.4, 0.5) is 4.39 Å². The SMILES string of the molecule is CC(C)(C)c1cc(F)c2cc(C(C)(C)CCC(C)(C)c3ccc(-c4cc(C(C)(C)C)c5ccccc5c4)cc3)ccc2c1. The standard InChI is InChI=1S/C42H49F/c1-39(2,3)34-24-30-17-20-33(26-36(30)38(43)27-34)42(9,10)22-21-41(7,8)32-18-15-28(16-19-32)31-23-29-13-11-12-14-35(29)37(25-31)40(4,5)6/h11-20,23-27H,21-22H2,1-10H3. The Bertz CT molecular complexity index is 1770. The highest BCUT2D eigenvalue weighted by Crippen LogP contribution is 2.39. The van der Waals surface area contributed by atoms with Crippen molar-refractivity contribution in [1.29, 1.82) is 0 Å². The number of rotatable bonds is 6. The van der Waals surface area contributed by atoms with E-state index in [1.54, 1.807) is 6.07 Å². The van der Waals surface area contributed by atoms with Gasteiger partial charge in [-0.3, -0.25) is 0 Å². The molecule has 0 aliphatic carbocycles. The van der Waals surface area contributed by atoms with E-state index in [1.807, 2.05) is 0 Å². The Morgan fingerprint density at radius 1 is 0.465 bits per heavy atom. The van der Waals surface area contributed by atoms with Crippen molar-refractivity contribution in [2.45, 2.75) is 104 Å². The topological polar surface area (TPSA) is 0 Å². The third-order valence-corrected chi connectivity index (χ3v) is 9.60. The van der Waals surface area contributed by atoms with Crippen LogP contribution < -0.4 is 0 Å². The molecule has 224 valence electrons.